The zero-order chi connectivity index (χ0) is 15.8. The van der Waals surface area contributed by atoms with Gasteiger partial charge in [0, 0.05) is 45.3 Å². The maximum Gasteiger partial charge on any atom is 0.263 e. The average Bonchev–Trinajstić information content (AvgIpc) is 2.95. The van der Waals surface area contributed by atoms with Gasteiger partial charge in [-0.3, -0.25) is 9.59 Å². The van der Waals surface area contributed by atoms with Crippen LogP contribution in [0.2, 0.25) is 0 Å². The predicted octanol–water partition coefficient (Wildman–Crippen LogP) is 1.01. The van der Waals surface area contributed by atoms with Crippen molar-refractivity contribution in [2.45, 2.75) is 38.5 Å². The van der Waals surface area contributed by atoms with Crippen molar-refractivity contribution in [1.82, 2.24) is 15.1 Å². The molecule has 2 saturated heterocycles. The van der Waals surface area contributed by atoms with Crippen molar-refractivity contribution in [2.75, 3.05) is 32.7 Å². The van der Waals surface area contributed by atoms with Crippen LogP contribution in [0.15, 0.2) is 11.8 Å². The van der Waals surface area contributed by atoms with Gasteiger partial charge in [0.1, 0.15) is 11.6 Å². The highest BCUT2D eigenvalue weighted by molar-refractivity contribution is 5.97. The Kier molecular flexibility index (Phi) is 6.26. The maximum absolute atomic E-state index is 12.0. The molecule has 2 aliphatic rings. The lowest BCUT2D eigenvalue weighted by atomic mass is 10.1. The third kappa shape index (κ3) is 4.76. The van der Waals surface area contributed by atoms with Crippen LogP contribution in [0.4, 0.5) is 0 Å². The molecule has 0 radical (unpaired) electrons. The number of rotatable bonds is 6. The Morgan fingerprint density at radius 1 is 1.23 bits per heavy atom. The summed E-state index contributed by atoms with van der Waals surface area (Å²) in [6.45, 7) is 3.81. The molecular weight excluding hydrogens is 280 g/mol. The van der Waals surface area contributed by atoms with Gasteiger partial charge in [0.15, 0.2) is 0 Å². The molecule has 0 unspecified atom stereocenters. The van der Waals surface area contributed by atoms with Crippen molar-refractivity contribution in [1.29, 1.82) is 5.26 Å². The van der Waals surface area contributed by atoms with E-state index in [1.54, 1.807) is 6.20 Å². The minimum atomic E-state index is -0.319. The first kappa shape index (κ1) is 16.3. The second kappa shape index (κ2) is 8.42. The van der Waals surface area contributed by atoms with Gasteiger partial charge in [-0.2, -0.15) is 5.26 Å². The van der Waals surface area contributed by atoms with E-state index in [1.807, 2.05) is 15.9 Å². The van der Waals surface area contributed by atoms with Gasteiger partial charge in [-0.1, -0.05) is 0 Å². The van der Waals surface area contributed by atoms with Gasteiger partial charge in [-0.05, 0) is 32.1 Å². The van der Waals surface area contributed by atoms with Crippen molar-refractivity contribution in [3.05, 3.63) is 11.8 Å². The third-order valence-electron chi connectivity index (χ3n) is 4.13. The van der Waals surface area contributed by atoms with Crippen LogP contribution in [0.3, 0.4) is 0 Å². The van der Waals surface area contributed by atoms with Gasteiger partial charge >= 0.3 is 0 Å². The van der Waals surface area contributed by atoms with Gasteiger partial charge in [0.2, 0.25) is 5.91 Å². The number of amides is 2. The minimum Gasteiger partial charge on any atom is -0.376 e. The minimum absolute atomic E-state index is 0.166. The van der Waals surface area contributed by atoms with E-state index in [-0.39, 0.29) is 17.4 Å². The number of nitrogens with zero attached hydrogens (tertiary/aromatic N) is 3. The zero-order valence-electron chi connectivity index (χ0n) is 13.0. The smallest absolute Gasteiger partial charge is 0.263 e. The highest BCUT2D eigenvalue weighted by Gasteiger charge is 2.19. The van der Waals surface area contributed by atoms with E-state index >= 15 is 0 Å². The summed E-state index contributed by atoms with van der Waals surface area (Å²) in [5.74, 6) is -0.116. The first-order valence-electron chi connectivity index (χ1n) is 8.12. The molecule has 6 heteroatoms. The van der Waals surface area contributed by atoms with Gasteiger partial charge in [0.05, 0.1) is 0 Å². The molecule has 2 fully saturated rings. The number of hydrogen-bond donors (Lipinski definition) is 1. The second-order valence-corrected chi connectivity index (χ2v) is 5.85. The van der Waals surface area contributed by atoms with Crippen molar-refractivity contribution in [3.8, 4) is 6.07 Å². The van der Waals surface area contributed by atoms with Crippen LogP contribution in [0.25, 0.3) is 0 Å². The van der Waals surface area contributed by atoms with E-state index in [0.717, 1.165) is 45.3 Å². The Labute approximate surface area is 131 Å². The van der Waals surface area contributed by atoms with Crippen LogP contribution in [0.5, 0.6) is 0 Å². The first-order chi connectivity index (χ1) is 10.7. The van der Waals surface area contributed by atoms with Gasteiger partial charge in [-0.15, -0.1) is 0 Å². The Morgan fingerprint density at radius 2 is 2.00 bits per heavy atom. The van der Waals surface area contributed by atoms with Crippen LogP contribution >= 0.6 is 0 Å². The summed E-state index contributed by atoms with van der Waals surface area (Å²) < 4.78 is 0. The molecule has 22 heavy (non-hydrogen) atoms. The third-order valence-corrected chi connectivity index (χ3v) is 4.13. The summed E-state index contributed by atoms with van der Waals surface area (Å²) in [4.78, 5) is 27.3. The maximum atomic E-state index is 12.0. The fraction of sp³-hybridized carbons (Fsp3) is 0.688. The molecule has 1 N–H and O–H groups in total. The van der Waals surface area contributed by atoms with Gasteiger partial charge in [0.25, 0.3) is 5.91 Å². The fourth-order valence-electron chi connectivity index (χ4n) is 2.88. The molecule has 2 aliphatic heterocycles. The van der Waals surface area contributed by atoms with E-state index < -0.39 is 0 Å². The van der Waals surface area contributed by atoms with Crippen molar-refractivity contribution < 1.29 is 9.59 Å². The monoisotopic (exact) mass is 304 g/mol. The van der Waals surface area contributed by atoms with Gasteiger partial charge < -0.3 is 15.1 Å². The number of carbonyl (C=O) groups is 2. The van der Waals surface area contributed by atoms with Crippen LogP contribution in [-0.4, -0.2) is 54.3 Å². The first-order valence-corrected chi connectivity index (χ1v) is 8.12. The van der Waals surface area contributed by atoms with Gasteiger partial charge in [-0.25, -0.2) is 0 Å². The molecule has 0 aromatic heterocycles. The molecule has 2 heterocycles. The molecule has 0 saturated carbocycles. The van der Waals surface area contributed by atoms with Crippen LogP contribution < -0.4 is 5.32 Å². The van der Waals surface area contributed by atoms with Crippen LogP contribution in [0, 0.1) is 11.3 Å². The quantitative estimate of drug-likeness (QED) is 0.451. The lowest BCUT2D eigenvalue weighted by Gasteiger charge is -2.25. The molecule has 2 amide bonds. The Balaban J connectivity index is 1.71. The Morgan fingerprint density at radius 3 is 2.64 bits per heavy atom. The van der Waals surface area contributed by atoms with E-state index in [1.165, 1.54) is 6.42 Å². The lowest BCUT2D eigenvalue weighted by molar-refractivity contribution is -0.127. The molecule has 0 atom stereocenters. The fourth-order valence-corrected chi connectivity index (χ4v) is 2.88. The number of piperidine rings is 1. The molecule has 6 nitrogen and oxygen atoms in total. The van der Waals surface area contributed by atoms with Crippen molar-refractivity contribution in [2.24, 2.45) is 0 Å². The average molecular weight is 304 g/mol. The molecule has 0 bridgehead atoms. The molecule has 0 spiro atoms. The Hall–Kier alpha value is -2.03. The number of carbonyl (C=O) groups excluding carboxylic acids is 2. The second-order valence-electron chi connectivity index (χ2n) is 5.85. The van der Waals surface area contributed by atoms with E-state index in [9.17, 15) is 9.59 Å². The largest absolute Gasteiger partial charge is 0.376 e. The summed E-state index contributed by atoms with van der Waals surface area (Å²) in [6, 6.07) is 1.98. The summed E-state index contributed by atoms with van der Waals surface area (Å²) in [5, 5.41) is 11.9. The molecule has 120 valence electrons. The van der Waals surface area contributed by atoms with E-state index in [4.69, 9.17) is 5.26 Å². The predicted molar refractivity (Wildman–Crippen MR) is 82.6 cm³/mol. The highest BCUT2D eigenvalue weighted by atomic mass is 16.2. The topological polar surface area (TPSA) is 76.4 Å². The number of nitriles is 1. The van der Waals surface area contributed by atoms with Crippen molar-refractivity contribution >= 4 is 11.8 Å². The number of likely N-dealkylation sites (tertiary alicyclic amines) is 2. The summed E-state index contributed by atoms with van der Waals surface area (Å²) in [5.41, 5.74) is 0.166. The molecule has 0 aromatic rings. The summed E-state index contributed by atoms with van der Waals surface area (Å²) in [6.07, 6.45) is 7.42. The van der Waals surface area contributed by atoms with E-state index in [0.29, 0.717) is 19.5 Å². The Bertz CT molecular complexity index is 475. The standard InChI is InChI=1S/C16H24N4O2/c17-12-14(13-19-8-2-1-3-9-19)16(22)18-7-5-11-20-10-4-6-15(20)21/h13H,1-11H2,(H,18,22)/b14-13-. The highest BCUT2D eigenvalue weighted by Crippen LogP contribution is 2.11. The number of nitrogens with one attached hydrogen (secondary N) is 1. The summed E-state index contributed by atoms with van der Waals surface area (Å²) in [7, 11) is 0. The lowest BCUT2D eigenvalue weighted by Crippen LogP contribution is -2.32. The van der Waals surface area contributed by atoms with Crippen LogP contribution in [-0.2, 0) is 9.59 Å². The normalized spacial score (nSPS) is 19.2. The molecule has 2 rings (SSSR count). The molecular formula is C16H24N4O2. The summed E-state index contributed by atoms with van der Waals surface area (Å²) >= 11 is 0. The van der Waals surface area contributed by atoms with Crippen molar-refractivity contribution in [3.63, 3.8) is 0 Å². The SMILES string of the molecule is N#C/C(=C/N1CCCCC1)C(=O)NCCCN1CCCC1=O. The zero-order valence-corrected chi connectivity index (χ0v) is 13.0. The number of hydrogen-bond acceptors (Lipinski definition) is 4. The van der Waals surface area contributed by atoms with Crippen LogP contribution in [0.1, 0.15) is 38.5 Å². The molecule has 0 aliphatic carbocycles. The molecule has 0 aromatic carbocycles. The van der Waals surface area contributed by atoms with E-state index in [2.05, 4.69) is 5.32 Å².